The molecule has 0 fully saturated rings. The van der Waals surface area contributed by atoms with Crippen LogP contribution >= 0.6 is 11.6 Å². The number of hydrogen-bond acceptors (Lipinski definition) is 5. The van der Waals surface area contributed by atoms with Gasteiger partial charge >= 0.3 is 0 Å². The Hall–Kier alpha value is -2.79. The zero-order valence-corrected chi connectivity index (χ0v) is 15.1. The Kier molecular flexibility index (Phi) is 5.05. The Balaban J connectivity index is 1.88. The van der Waals surface area contributed by atoms with E-state index < -0.39 is 0 Å². The minimum atomic E-state index is 0.542. The van der Waals surface area contributed by atoms with Gasteiger partial charge in [-0.2, -0.15) is 0 Å². The van der Waals surface area contributed by atoms with Crippen molar-refractivity contribution in [1.82, 2.24) is 9.97 Å². The van der Waals surface area contributed by atoms with Gasteiger partial charge in [0.25, 0.3) is 0 Å². The molecule has 0 saturated carbocycles. The van der Waals surface area contributed by atoms with Crippen LogP contribution in [0, 0.1) is 6.92 Å². The maximum absolute atomic E-state index is 6.18. The number of para-hydroxylation sites is 1. The molecule has 6 heteroatoms. The van der Waals surface area contributed by atoms with E-state index in [1.54, 1.807) is 13.2 Å². The lowest BCUT2D eigenvalue weighted by Gasteiger charge is -2.19. The second kappa shape index (κ2) is 7.40. The molecule has 1 N–H and O–H groups in total. The van der Waals surface area contributed by atoms with Crippen molar-refractivity contribution < 1.29 is 4.74 Å². The molecule has 2 aromatic carbocycles. The van der Waals surface area contributed by atoms with Gasteiger partial charge in [0.2, 0.25) is 0 Å². The molecule has 0 aliphatic rings. The van der Waals surface area contributed by atoms with E-state index in [1.165, 1.54) is 0 Å². The third-order valence-corrected chi connectivity index (χ3v) is 4.03. The van der Waals surface area contributed by atoms with E-state index in [9.17, 15) is 0 Å². The van der Waals surface area contributed by atoms with E-state index in [0.29, 0.717) is 22.4 Å². The molecule has 1 heterocycles. The molecule has 0 saturated heterocycles. The topological polar surface area (TPSA) is 50.3 Å². The van der Waals surface area contributed by atoms with Crippen molar-refractivity contribution in [3.63, 3.8) is 0 Å². The van der Waals surface area contributed by atoms with Gasteiger partial charge in [-0.05, 0) is 37.3 Å². The molecule has 0 spiro atoms. The van der Waals surface area contributed by atoms with Crippen LogP contribution in [0.15, 0.2) is 54.6 Å². The van der Waals surface area contributed by atoms with Gasteiger partial charge in [0.1, 0.15) is 23.2 Å². The number of benzene rings is 2. The predicted octanol–water partition coefficient (Wildman–Crippen LogP) is 4.96. The Morgan fingerprint density at radius 1 is 1.04 bits per heavy atom. The molecular weight excluding hydrogens is 336 g/mol. The van der Waals surface area contributed by atoms with Crippen molar-refractivity contribution in [3.05, 3.63) is 65.4 Å². The summed E-state index contributed by atoms with van der Waals surface area (Å²) in [4.78, 5) is 11.0. The summed E-state index contributed by atoms with van der Waals surface area (Å²) in [6, 6.07) is 17.5. The highest BCUT2D eigenvalue weighted by atomic mass is 35.5. The second-order valence-electron chi connectivity index (χ2n) is 5.53. The molecule has 0 aliphatic carbocycles. The Morgan fingerprint density at radius 2 is 1.80 bits per heavy atom. The molecule has 128 valence electrons. The van der Waals surface area contributed by atoms with Crippen LogP contribution in [0.3, 0.4) is 0 Å². The van der Waals surface area contributed by atoms with Gasteiger partial charge in [-0.15, -0.1) is 0 Å². The van der Waals surface area contributed by atoms with Gasteiger partial charge in [-0.1, -0.05) is 29.8 Å². The molecule has 3 aromatic rings. The Bertz CT molecular complexity index is 871. The lowest BCUT2D eigenvalue weighted by atomic mass is 10.3. The highest BCUT2D eigenvalue weighted by molar-refractivity contribution is 6.32. The summed E-state index contributed by atoms with van der Waals surface area (Å²) in [7, 11) is 3.57. The number of methoxy groups -OCH3 is 1. The van der Waals surface area contributed by atoms with E-state index in [1.807, 2.05) is 67.4 Å². The van der Waals surface area contributed by atoms with Crippen molar-refractivity contribution in [2.45, 2.75) is 6.92 Å². The summed E-state index contributed by atoms with van der Waals surface area (Å²) >= 11 is 6.18. The third kappa shape index (κ3) is 4.00. The van der Waals surface area contributed by atoms with E-state index in [0.717, 1.165) is 17.2 Å². The lowest BCUT2D eigenvalue weighted by molar-refractivity contribution is 0.415. The fourth-order valence-corrected chi connectivity index (χ4v) is 2.72. The number of nitrogens with zero attached hydrogens (tertiary/aromatic N) is 3. The minimum Gasteiger partial charge on any atom is -0.495 e. The van der Waals surface area contributed by atoms with Crippen molar-refractivity contribution in [2.75, 3.05) is 24.4 Å². The van der Waals surface area contributed by atoms with Crippen LogP contribution in [0.1, 0.15) is 5.82 Å². The number of ether oxygens (including phenoxy) is 1. The summed E-state index contributed by atoms with van der Waals surface area (Å²) < 4.78 is 5.18. The fourth-order valence-electron chi connectivity index (χ4n) is 2.46. The van der Waals surface area contributed by atoms with Crippen LogP contribution in [0.25, 0.3) is 0 Å². The van der Waals surface area contributed by atoms with E-state index >= 15 is 0 Å². The number of hydrogen-bond donors (Lipinski definition) is 1. The van der Waals surface area contributed by atoms with E-state index in [4.69, 9.17) is 16.3 Å². The Labute approximate surface area is 152 Å². The fraction of sp³-hybridized carbons (Fsp3) is 0.158. The van der Waals surface area contributed by atoms with Crippen molar-refractivity contribution >= 4 is 34.6 Å². The van der Waals surface area contributed by atoms with Gasteiger partial charge in [0.15, 0.2) is 0 Å². The SMILES string of the molecule is COc1ccc(Nc2cc(N(C)c3ccccc3)nc(C)n2)cc1Cl. The van der Waals surface area contributed by atoms with E-state index in [-0.39, 0.29) is 0 Å². The molecule has 0 unspecified atom stereocenters. The molecule has 0 atom stereocenters. The maximum atomic E-state index is 6.18. The average Bonchev–Trinajstić information content (AvgIpc) is 2.61. The maximum Gasteiger partial charge on any atom is 0.138 e. The lowest BCUT2D eigenvalue weighted by Crippen LogP contribution is -2.12. The van der Waals surface area contributed by atoms with Gasteiger partial charge in [0.05, 0.1) is 12.1 Å². The van der Waals surface area contributed by atoms with Crippen LogP contribution in [-0.2, 0) is 0 Å². The first-order chi connectivity index (χ1) is 12.1. The standard InChI is InChI=1S/C19H19ClN4O/c1-13-21-18(23-14-9-10-17(25-3)16(20)11-14)12-19(22-13)24(2)15-7-5-4-6-8-15/h4-12H,1-3H3,(H,21,22,23). The summed E-state index contributed by atoms with van der Waals surface area (Å²) in [5.74, 6) is 2.82. The van der Waals surface area contributed by atoms with Gasteiger partial charge < -0.3 is 15.0 Å². The molecule has 5 nitrogen and oxygen atoms in total. The van der Waals surface area contributed by atoms with Crippen LogP contribution in [0.2, 0.25) is 5.02 Å². The quantitative estimate of drug-likeness (QED) is 0.701. The number of nitrogens with one attached hydrogen (secondary N) is 1. The van der Waals surface area contributed by atoms with Gasteiger partial charge in [-0.3, -0.25) is 0 Å². The van der Waals surface area contributed by atoms with Crippen LogP contribution in [0.5, 0.6) is 5.75 Å². The minimum absolute atomic E-state index is 0.542. The molecule has 3 rings (SSSR count). The van der Waals surface area contributed by atoms with Crippen molar-refractivity contribution in [3.8, 4) is 5.75 Å². The molecule has 0 aliphatic heterocycles. The Morgan fingerprint density at radius 3 is 2.48 bits per heavy atom. The molecule has 25 heavy (non-hydrogen) atoms. The number of halogens is 1. The zero-order valence-electron chi connectivity index (χ0n) is 14.3. The third-order valence-electron chi connectivity index (χ3n) is 3.74. The van der Waals surface area contributed by atoms with Crippen molar-refractivity contribution in [1.29, 1.82) is 0 Å². The highest BCUT2D eigenvalue weighted by Crippen LogP contribution is 2.29. The second-order valence-corrected chi connectivity index (χ2v) is 5.93. The van der Waals surface area contributed by atoms with Gasteiger partial charge in [0, 0.05) is 24.5 Å². The normalized spacial score (nSPS) is 10.4. The van der Waals surface area contributed by atoms with Crippen LogP contribution in [-0.4, -0.2) is 24.1 Å². The largest absolute Gasteiger partial charge is 0.495 e. The number of aryl methyl sites for hydroxylation is 1. The number of anilines is 4. The van der Waals surface area contributed by atoms with Crippen molar-refractivity contribution in [2.24, 2.45) is 0 Å². The molecular formula is C19H19ClN4O. The van der Waals surface area contributed by atoms with Gasteiger partial charge in [-0.25, -0.2) is 9.97 Å². The summed E-state index contributed by atoms with van der Waals surface area (Å²) in [6.07, 6.45) is 0. The first-order valence-electron chi connectivity index (χ1n) is 7.82. The smallest absolute Gasteiger partial charge is 0.138 e. The molecule has 1 aromatic heterocycles. The first-order valence-corrected chi connectivity index (χ1v) is 8.19. The first kappa shape index (κ1) is 17.0. The number of rotatable bonds is 5. The molecule has 0 bridgehead atoms. The number of aromatic nitrogens is 2. The van der Waals surface area contributed by atoms with Crippen LogP contribution in [0.4, 0.5) is 23.0 Å². The van der Waals surface area contributed by atoms with Crippen LogP contribution < -0.4 is 15.0 Å². The summed E-state index contributed by atoms with van der Waals surface area (Å²) in [5, 5.41) is 3.81. The van der Waals surface area contributed by atoms with E-state index in [2.05, 4.69) is 15.3 Å². The molecule has 0 amide bonds. The molecule has 0 radical (unpaired) electrons. The summed E-state index contributed by atoms with van der Waals surface area (Å²) in [5.41, 5.74) is 1.89. The predicted molar refractivity (Wildman–Crippen MR) is 103 cm³/mol. The average molecular weight is 355 g/mol. The zero-order chi connectivity index (χ0) is 17.8. The monoisotopic (exact) mass is 354 g/mol. The summed E-state index contributed by atoms with van der Waals surface area (Å²) in [6.45, 7) is 1.87. The highest BCUT2D eigenvalue weighted by Gasteiger charge is 2.09.